The summed E-state index contributed by atoms with van der Waals surface area (Å²) in [6, 6.07) is 13.5. The van der Waals surface area contributed by atoms with Gasteiger partial charge in [0.2, 0.25) is 5.91 Å². The van der Waals surface area contributed by atoms with E-state index in [0.717, 1.165) is 16.7 Å². The van der Waals surface area contributed by atoms with E-state index in [0.29, 0.717) is 29.3 Å². The molecule has 2 aliphatic rings. The van der Waals surface area contributed by atoms with Crippen LogP contribution in [-0.4, -0.2) is 65.4 Å². The van der Waals surface area contributed by atoms with E-state index in [2.05, 4.69) is 5.32 Å². The van der Waals surface area contributed by atoms with Crippen LogP contribution in [0.15, 0.2) is 53.4 Å². The molecular weight excluding hydrogens is 526 g/mol. The van der Waals surface area contributed by atoms with Crippen LogP contribution >= 0.6 is 24.0 Å². The number of ether oxygens (including phenoxy) is 1. The van der Waals surface area contributed by atoms with Crippen molar-refractivity contribution in [3.05, 3.63) is 59.0 Å². The molecule has 2 heterocycles. The first kappa shape index (κ1) is 25.8. The number of benzene rings is 2. The highest BCUT2D eigenvalue weighted by Crippen LogP contribution is 2.44. The summed E-state index contributed by atoms with van der Waals surface area (Å²) in [5.74, 6) is -1.81. The molecule has 0 radical (unpaired) electrons. The molecule has 0 aliphatic carbocycles. The van der Waals surface area contributed by atoms with Crippen molar-refractivity contribution < 1.29 is 32.1 Å². The molecule has 0 saturated carbocycles. The number of nitrogens with one attached hydrogen (secondary N) is 1. The molecule has 2 aromatic carbocycles. The van der Waals surface area contributed by atoms with E-state index in [1.807, 2.05) is 6.92 Å². The van der Waals surface area contributed by atoms with Gasteiger partial charge < -0.3 is 14.6 Å². The van der Waals surface area contributed by atoms with Gasteiger partial charge in [0.25, 0.3) is 11.8 Å². The topological polar surface area (TPSA) is 136 Å². The molecule has 0 aromatic heterocycles. The van der Waals surface area contributed by atoms with Gasteiger partial charge in [-0.05, 0) is 37.3 Å². The van der Waals surface area contributed by atoms with Crippen LogP contribution in [0.5, 0.6) is 5.75 Å². The van der Waals surface area contributed by atoms with Crippen molar-refractivity contribution in [2.24, 2.45) is 0 Å². The van der Waals surface area contributed by atoms with Gasteiger partial charge in [0, 0.05) is 17.8 Å². The van der Waals surface area contributed by atoms with Crippen molar-refractivity contribution in [3.63, 3.8) is 0 Å². The Balaban J connectivity index is 1.57. The second-order valence-electron chi connectivity index (χ2n) is 7.70. The van der Waals surface area contributed by atoms with E-state index in [1.54, 1.807) is 48.5 Å². The van der Waals surface area contributed by atoms with Crippen LogP contribution in [0.25, 0.3) is 5.57 Å². The van der Waals surface area contributed by atoms with Crippen molar-refractivity contribution in [2.45, 2.75) is 6.92 Å². The fourth-order valence-electron chi connectivity index (χ4n) is 3.75. The lowest BCUT2D eigenvalue weighted by atomic mass is 10.1. The summed E-state index contributed by atoms with van der Waals surface area (Å²) in [6.45, 7) is 1.67. The second-order valence-corrected chi connectivity index (χ2v) is 10.9. The third-order valence-corrected chi connectivity index (χ3v) is 7.45. The quantitative estimate of drug-likeness (QED) is 0.300. The molecule has 10 nitrogen and oxygen atoms in total. The molecule has 2 aliphatic heterocycles. The number of thioether (sulfide) groups is 1. The van der Waals surface area contributed by atoms with Gasteiger partial charge in [0.05, 0.1) is 38.6 Å². The molecule has 1 saturated heterocycles. The van der Waals surface area contributed by atoms with Crippen LogP contribution in [0, 0.1) is 0 Å². The lowest BCUT2D eigenvalue weighted by Gasteiger charge is -2.17. The van der Waals surface area contributed by atoms with Gasteiger partial charge >= 0.3 is 0 Å². The van der Waals surface area contributed by atoms with E-state index < -0.39 is 40.1 Å². The molecule has 0 spiro atoms. The highest BCUT2D eigenvalue weighted by Gasteiger charge is 2.42. The summed E-state index contributed by atoms with van der Waals surface area (Å²) in [5.41, 5.74) is 1.50. The maximum atomic E-state index is 13.4. The number of hydrogen-bond acceptors (Lipinski definition) is 9. The summed E-state index contributed by atoms with van der Waals surface area (Å²) in [5, 5.41) is 2.74. The van der Waals surface area contributed by atoms with Crippen LogP contribution in [0.1, 0.15) is 12.5 Å². The largest absolute Gasteiger partial charge is 0.748 e. The monoisotopic (exact) mass is 546 g/mol. The Morgan fingerprint density at radius 3 is 2.44 bits per heavy atom. The molecule has 36 heavy (non-hydrogen) atoms. The number of fused-ring (bicyclic) bond motifs is 1. The number of anilines is 2. The maximum Gasteiger partial charge on any atom is 0.267 e. The fourth-order valence-corrected chi connectivity index (χ4v) is 5.53. The van der Waals surface area contributed by atoms with Gasteiger partial charge in [-0.2, -0.15) is 0 Å². The number of hydrogen-bond donors (Lipinski definition) is 1. The Labute approximate surface area is 217 Å². The molecule has 0 bridgehead atoms. The predicted molar refractivity (Wildman–Crippen MR) is 138 cm³/mol. The third kappa shape index (κ3) is 5.43. The van der Waals surface area contributed by atoms with Crippen molar-refractivity contribution in [1.82, 2.24) is 4.90 Å². The smallest absolute Gasteiger partial charge is 0.267 e. The van der Waals surface area contributed by atoms with Crippen LogP contribution < -0.4 is 15.0 Å². The van der Waals surface area contributed by atoms with E-state index in [9.17, 15) is 27.4 Å². The Kier molecular flexibility index (Phi) is 7.45. The van der Waals surface area contributed by atoms with Gasteiger partial charge in [0.1, 0.15) is 16.6 Å². The number of amides is 3. The van der Waals surface area contributed by atoms with Crippen LogP contribution in [0.3, 0.4) is 0 Å². The van der Waals surface area contributed by atoms with E-state index in [4.69, 9.17) is 17.0 Å². The van der Waals surface area contributed by atoms with Crippen molar-refractivity contribution in [2.75, 3.05) is 35.7 Å². The first-order valence-corrected chi connectivity index (χ1v) is 13.5. The standard InChI is InChI=1S/C23H21N3O7S3/c1-2-33-15-9-7-14(8-10-15)24-18(27)13-26-17-6-4-3-5-16(17)19(21(26)28)20-22(29)25(23(34)35-20)11-12-36(30,31)32/h3-10H,2,11-13H2,1H3,(H,24,27)(H,30,31,32)/p-1/b20-19-. The molecule has 1 N–H and O–H groups in total. The van der Waals surface area contributed by atoms with Gasteiger partial charge in [-0.1, -0.05) is 42.2 Å². The Morgan fingerprint density at radius 1 is 1.08 bits per heavy atom. The predicted octanol–water partition coefficient (Wildman–Crippen LogP) is 2.19. The van der Waals surface area contributed by atoms with Gasteiger partial charge in [0.15, 0.2) is 0 Å². The molecule has 4 rings (SSSR count). The minimum atomic E-state index is -4.56. The number of thiocarbonyl (C=S) groups is 1. The lowest BCUT2D eigenvalue weighted by molar-refractivity contribution is -0.122. The van der Waals surface area contributed by atoms with Crippen molar-refractivity contribution in [1.29, 1.82) is 0 Å². The second kappa shape index (κ2) is 10.4. The number of carbonyl (C=O) groups is 3. The lowest BCUT2D eigenvalue weighted by Crippen LogP contribution is -2.36. The van der Waals surface area contributed by atoms with Crippen molar-refractivity contribution >= 4 is 73.1 Å². The summed E-state index contributed by atoms with van der Waals surface area (Å²) in [7, 11) is -4.56. The summed E-state index contributed by atoms with van der Waals surface area (Å²) < 4.78 is 38.5. The van der Waals surface area contributed by atoms with Gasteiger partial charge in [-0.15, -0.1) is 0 Å². The van der Waals surface area contributed by atoms with Crippen LogP contribution in [0.2, 0.25) is 0 Å². The minimum absolute atomic E-state index is 0.0233. The Morgan fingerprint density at radius 2 is 1.78 bits per heavy atom. The molecule has 0 atom stereocenters. The zero-order chi connectivity index (χ0) is 26.0. The number of nitrogens with zero attached hydrogens (tertiary/aromatic N) is 2. The van der Waals surface area contributed by atoms with Crippen LogP contribution in [0.4, 0.5) is 11.4 Å². The number of carbonyl (C=O) groups excluding carboxylic acids is 3. The Hall–Kier alpha value is -3.26. The molecule has 1 fully saturated rings. The first-order valence-electron chi connectivity index (χ1n) is 10.7. The normalized spacial score (nSPS) is 17.6. The number of para-hydroxylation sites is 1. The summed E-state index contributed by atoms with van der Waals surface area (Å²) >= 11 is 6.05. The van der Waals surface area contributed by atoms with Gasteiger partial charge in [-0.3, -0.25) is 24.2 Å². The molecule has 188 valence electrons. The average molecular weight is 547 g/mol. The zero-order valence-corrected chi connectivity index (χ0v) is 21.4. The first-order chi connectivity index (χ1) is 17.1. The fraction of sp³-hybridized carbons (Fsp3) is 0.217. The van der Waals surface area contributed by atoms with Crippen LogP contribution in [-0.2, 0) is 24.5 Å². The average Bonchev–Trinajstić information content (AvgIpc) is 3.25. The SMILES string of the molecule is CCOc1ccc(NC(=O)CN2C(=O)/C(=C3\SC(=S)N(CCS(=O)(=O)[O-])C3=O)c3ccccc32)cc1. The summed E-state index contributed by atoms with van der Waals surface area (Å²) in [6.07, 6.45) is 0. The molecule has 0 unspecified atom stereocenters. The minimum Gasteiger partial charge on any atom is -0.748 e. The van der Waals surface area contributed by atoms with E-state index in [1.165, 1.54) is 4.90 Å². The molecular formula is C23H20N3O7S3-. The maximum absolute atomic E-state index is 13.4. The molecule has 2 aromatic rings. The highest BCUT2D eigenvalue weighted by molar-refractivity contribution is 8.26. The third-order valence-electron chi connectivity index (χ3n) is 5.32. The molecule has 3 amide bonds. The molecule has 13 heteroatoms. The van der Waals surface area contributed by atoms with Gasteiger partial charge in [-0.25, -0.2) is 8.42 Å². The zero-order valence-electron chi connectivity index (χ0n) is 18.9. The van der Waals surface area contributed by atoms with Crippen molar-refractivity contribution in [3.8, 4) is 5.75 Å². The summed E-state index contributed by atoms with van der Waals surface area (Å²) in [4.78, 5) is 41.5. The van der Waals surface area contributed by atoms with E-state index >= 15 is 0 Å². The number of rotatable bonds is 8. The highest BCUT2D eigenvalue weighted by atomic mass is 32.2. The Bertz CT molecular complexity index is 1390. The van der Waals surface area contributed by atoms with E-state index in [-0.39, 0.29) is 21.3 Å².